The molecule has 2 aromatic carbocycles. The highest BCUT2D eigenvalue weighted by molar-refractivity contribution is 7.89. The molecule has 4 nitrogen and oxygen atoms in total. The van der Waals surface area contributed by atoms with Crippen LogP contribution in [-0.2, 0) is 10.0 Å². The highest BCUT2D eigenvalue weighted by Gasteiger charge is 2.26. The zero-order chi connectivity index (χ0) is 17.3. The van der Waals surface area contributed by atoms with Gasteiger partial charge in [-0.1, -0.05) is 23.7 Å². The van der Waals surface area contributed by atoms with Crippen LogP contribution < -0.4 is 4.72 Å². The molecule has 2 rings (SSSR count). The van der Waals surface area contributed by atoms with Crippen molar-refractivity contribution < 1.29 is 13.2 Å². The van der Waals surface area contributed by atoms with Crippen molar-refractivity contribution in [2.24, 2.45) is 0 Å². The van der Waals surface area contributed by atoms with Gasteiger partial charge in [-0.25, -0.2) is 13.1 Å². The van der Waals surface area contributed by atoms with Crippen LogP contribution in [0.5, 0.6) is 0 Å². The first kappa shape index (κ1) is 17.7. The van der Waals surface area contributed by atoms with E-state index in [9.17, 15) is 13.2 Å². The monoisotopic (exact) mass is 351 g/mol. The van der Waals surface area contributed by atoms with Crippen LogP contribution in [0.25, 0.3) is 0 Å². The molecule has 0 saturated heterocycles. The third kappa shape index (κ3) is 4.41. The quantitative estimate of drug-likeness (QED) is 0.855. The van der Waals surface area contributed by atoms with Crippen molar-refractivity contribution in [1.29, 1.82) is 0 Å². The lowest BCUT2D eigenvalue weighted by Gasteiger charge is -2.21. The smallest absolute Gasteiger partial charge is 0.241 e. The van der Waals surface area contributed by atoms with Gasteiger partial charge in [-0.3, -0.25) is 4.79 Å². The van der Waals surface area contributed by atoms with Crippen LogP contribution in [0.3, 0.4) is 0 Å². The minimum Gasteiger partial charge on any atom is -0.289 e. The molecule has 0 bridgehead atoms. The van der Waals surface area contributed by atoms with Crippen molar-refractivity contribution in [2.45, 2.75) is 31.2 Å². The van der Waals surface area contributed by atoms with E-state index in [1.54, 1.807) is 57.2 Å². The Morgan fingerprint density at radius 3 is 2.13 bits per heavy atom. The first-order valence-electron chi connectivity index (χ1n) is 7.03. The molecule has 0 aliphatic carbocycles. The van der Waals surface area contributed by atoms with E-state index in [-0.39, 0.29) is 16.2 Å². The maximum Gasteiger partial charge on any atom is 0.241 e. The average molecular weight is 352 g/mol. The van der Waals surface area contributed by atoms with E-state index in [4.69, 9.17) is 11.6 Å². The minimum atomic E-state index is -3.81. The van der Waals surface area contributed by atoms with Crippen LogP contribution in [0.2, 0.25) is 5.02 Å². The van der Waals surface area contributed by atoms with Gasteiger partial charge in [0.2, 0.25) is 10.0 Å². The van der Waals surface area contributed by atoms with E-state index in [0.717, 1.165) is 0 Å². The predicted molar refractivity (Wildman–Crippen MR) is 91.4 cm³/mol. The molecule has 2 aromatic rings. The van der Waals surface area contributed by atoms with Gasteiger partial charge in [0.25, 0.3) is 0 Å². The maximum absolute atomic E-state index is 12.7. The summed E-state index contributed by atoms with van der Waals surface area (Å²) >= 11 is 5.82. The van der Waals surface area contributed by atoms with E-state index >= 15 is 0 Å². The SMILES string of the molecule is CC(C)(C)NS(=O)(=O)c1ccccc1C(=O)c1ccc(Cl)cc1. The second kappa shape index (κ2) is 6.43. The lowest BCUT2D eigenvalue weighted by molar-refractivity contribution is 0.103. The normalized spacial score (nSPS) is 12.2. The minimum absolute atomic E-state index is 0.0325. The lowest BCUT2D eigenvalue weighted by atomic mass is 10.0. The molecule has 23 heavy (non-hydrogen) atoms. The Labute approximate surface area is 141 Å². The summed E-state index contributed by atoms with van der Waals surface area (Å²) in [6.45, 7) is 5.23. The fraction of sp³-hybridized carbons (Fsp3) is 0.235. The molecule has 0 aliphatic heterocycles. The van der Waals surface area contributed by atoms with Gasteiger partial charge in [-0.15, -0.1) is 0 Å². The average Bonchev–Trinajstić information content (AvgIpc) is 2.45. The van der Waals surface area contributed by atoms with Crippen LogP contribution >= 0.6 is 11.6 Å². The molecule has 6 heteroatoms. The highest BCUT2D eigenvalue weighted by atomic mass is 35.5. The van der Waals surface area contributed by atoms with Crippen LogP contribution in [-0.4, -0.2) is 19.7 Å². The summed E-state index contributed by atoms with van der Waals surface area (Å²) in [5.41, 5.74) is -0.130. The number of rotatable bonds is 4. The largest absolute Gasteiger partial charge is 0.289 e. The van der Waals surface area contributed by atoms with Gasteiger partial charge in [-0.05, 0) is 57.2 Å². The standard InChI is InChI=1S/C17H18ClNO3S/c1-17(2,3)19-23(21,22)15-7-5-4-6-14(15)16(20)12-8-10-13(18)11-9-12/h4-11,19H,1-3H3. The van der Waals surface area contributed by atoms with Gasteiger partial charge in [0, 0.05) is 21.7 Å². The van der Waals surface area contributed by atoms with Gasteiger partial charge >= 0.3 is 0 Å². The number of hydrogen-bond donors (Lipinski definition) is 1. The molecule has 0 fully saturated rings. The summed E-state index contributed by atoms with van der Waals surface area (Å²) in [4.78, 5) is 12.6. The Morgan fingerprint density at radius 2 is 1.57 bits per heavy atom. The van der Waals surface area contributed by atoms with Gasteiger partial charge in [0.1, 0.15) is 0 Å². The van der Waals surface area contributed by atoms with Gasteiger partial charge < -0.3 is 0 Å². The molecule has 0 saturated carbocycles. The van der Waals surface area contributed by atoms with E-state index in [1.165, 1.54) is 12.1 Å². The number of benzene rings is 2. The number of carbonyl (C=O) groups is 1. The third-order valence-electron chi connectivity index (χ3n) is 2.97. The van der Waals surface area contributed by atoms with Gasteiger partial charge in [-0.2, -0.15) is 0 Å². The van der Waals surface area contributed by atoms with Crippen LogP contribution in [0.4, 0.5) is 0 Å². The van der Waals surface area contributed by atoms with E-state index in [0.29, 0.717) is 10.6 Å². The molecule has 0 atom stereocenters. The van der Waals surface area contributed by atoms with Gasteiger partial charge in [0.05, 0.1) is 4.90 Å². The molecular formula is C17H18ClNO3S. The molecule has 0 aliphatic rings. The number of ketones is 1. The molecule has 1 N–H and O–H groups in total. The Bertz CT molecular complexity index is 822. The number of nitrogens with one attached hydrogen (secondary N) is 1. The summed E-state index contributed by atoms with van der Waals surface area (Å²) in [6.07, 6.45) is 0. The summed E-state index contributed by atoms with van der Waals surface area (Å²) in [7, 11) is -3.81. The fourth-order valence-electron chi connectivity index (χ4n) is 2.10. The highest BCUT2D eigenvalue weighted by Crippen LogP contribution is 2.21. The van der Waals surface area contributed by atoms with Crippen LogP contribution in [0, 0.1) is 0 Å². The van der Waals surface area contributed by atoms with Crippen molar-refractivity contribution in [3.63, 3.8) is 0 Å². The number of hydrogen-bond acceptors (Lipinski definition) is 3. The summed E-state index contributed by atoms with van der Waals surface area (Å²) in [6, 6.07) is 12.5. The number of halogens is 1. The van der Waals surface area contributed by atoms with Crippen molar-refractivity contribution in [1.82, 2.24) is 4.72 Å². The molecule has 0 radical (unpaired) electrons. The van der Waals surface area contributed by atoms with E-state index in [2.05, 4.69) is 4.72 Å². The summed E-state index contributed by atoms with van der Waals surface area (Å²) in [5, 5.41) is 0.511. The first-order chi connectivity index (χ1) is 10.6. The predicted octanol–water partition coefficient (Wildman–Crippen LogP) is 3.65. The van der Waals surface area contributed by atoms with Crippen molar-refractivity contribution in [2.75, 3.05) is 0 Å². The van der Waals surface area contributed by atoms with E-state index in [1.807, 2.05) is 0 Å². The molecule has 0 heterocycles. The second-order valence-corrected chi connectivity index (χ2v) is 8.27. The topological polar surface area (TPSA) is 63.2 Å². The fourth-order valence-corrected chi connectivity index (χ4v) is 3.85. The molecule has 0 unspecified atom stereocenters. The Hall–Kier alpha value is -1.69. The third-order valence-corrected chi connectivity index (χ3v) is 5.04. The van der Waals surface area contributed by atoms with E-state index < -0.39 is 15.6 Å². The summed E-state index contributed by atoms with van der Waals surface area (Å²) in [5.74, 6) is -0.364. The second-order valence-electron chi connectivity index (χ2n) is 6.19. The summed E-state index contributed by atoms with van der Waals surface area (Å²) < 4.78 is 27.7. The Kier molecular flexibility index (Phi) is 4.94. The maximum atomic E-state index is 12.7. The molecule has 0 aromatic heterocycles. The zero-order valence-corrected chi connectivity index (χ0v) is 14.7. The molecular weight excluding hydrogens is 334 g/mol. The lowest BCUT2D eigenvalue weighted by Crippen LogP contribution is -2.41. The van der Waals surface area contributed by atoms with Crippen LogP contribution in [0.15, 0.2) is 53.4 Å². The zero-order valence-electron chi connectivity index (χ0n) is 13.1. The van der Waals surface area contributed by atoms with Crippen molar-refractivity contribution in [3.8, 4) is 0 Å². The van der Waals surface area contributed by atoms with Gasteiger partial charge in [0.15, 0.2) is 5.78 Å². The van der Waals surface area contributed by atoms with Crippen molar-refractivity contribution in [3.05, 3.63) is 64.7 Å². The first-order valence-corrected chi connectivity index (χ1v) is 8.89. The number of carbonyl (C=O) groups excluding carboxylic acids is 1. The van der Waals surface area contributed by atoms with Crippen molar-refractivity contribution >= 4 is 27.4 Å². The molecule has 0 spiro atoms. The van der Waals surface area contributed by atoms with Crippen LogP contribution in [0.1, 0.15) is 36.7 Å². The number of sulfonamides is 1. The molecule has 122 valence electrons. The Balaban J connectivity index is 2.49. The Morgan fingerprint density at radius 1 is 1.00 bits per heavy atom. The molecule has 0 amide bonds.